The Morgan fingerprint density at radius 3 is 2.91 bits per heavy atom. The normalized spacial score (nSPS) is 10.6. The standard InChI is InChI=1S/C9H9NO/c1-7-6-8-4-2-3-5-10(8)9(7)11/h2-6,11H,1H3. The Labute approximate surface area is 64.7 Å². The third-order valence-corrected chi connectivity index (χ3v) is 1.84. The van der Waals surface area contributed by atoms with Crippen molar-refractivity contribution in [3.8, 4) is 5.88 Å². The lowest BCUT2D eigenvalue weighted by molar-refractivity contribution is 0.445. The van der Waals surface area contributed by atoms with Gasteiger partial charge in [-0.05, 0) is 25.1 Å². The Bertz CT molecular complexity index is 389. The van der Waals surface area contributed by atoms with E-state index in [1.807, 2.05) is 37.4 Å². The molecule has 0 aliphatic heterocycles. The first-order valence-electron chi connectivity index (χ1n) is 3.55. The van der Waals surface area contributed by atoms with Crippen LogP contribution in [0.3, 0.4) is 0 Å². The topological polar surface area (TPSA) is 24.6 Å². The number of aryl methyl sites for hydroxylation is 1. The van der Waals surface area contributed by atoms with Crippen LogP contribution in [0.4, 0.5) is 0 Å². The van der Waals surface area contributed by atoms with Gasteiger partial charge in [-0.1, -0.05) is 6.07 Å². The lowest BCUT2D eigenvalue weighted by atomic mass is 10.3. The van der Waals surface area contributed by atoms with Crippen LogP contribution in [-0.2, 0) is 0 Å². The Morgan fingerprint density at radius 1 is 1.36 bits per heavy atom. The van der Waals surface area contributed by atoms with Crippen molar-refractivity contribution in [1.82, 2.24) is 4.40 Å². The third-order valence-electron chi connectivity index (χ3n) is 1.84. The molecule has 56 valence electrons. The number of fused-ring (bicyclic) bond motifs is 1. The van der Waals surface area contributed by atoms with Crippen LogP contribution in [0.15, 0.2) is 30.5 Å². The molecule has 0 saturated carbocycles. The fourth-order valence-electron chi connectivity index (χ4n) is 1.24. The molecule has 0 aliphatic carbocycles. The largest absolute Gasteiger partial charge is 0.494 e. The number of hydrogen-bond donors (Lipinski definition) is 1. The average Bonchev–Trinajstić information content (AvgIpc) is 2.30. The monoisotopic (exact) mass is 147 g/mol. The van der Waals surface area contributed by atoms with Crippen molar-refractivity contribution in [3.63, 3.8) is 0 Å². The molecule has 0 unspecified atom stereocenters. The highest BCUT2D eigenvalue weighted by atomic mass is 16.3. The van der Waals surface area contributed by atoms with E-state index in [4.69, 9.17) is 0 Å². The molecule has 0 atom stereocenters. The lowest BCUT2D eigenvalue weighted by Crippen LogP contribution is -1.79. The molecule has 0 fully saturated rings. The van der Waals surface area contributed by atoms with Crippen LogP contribution in [0.5, 0.6) is 5.88 Å². The number of nitrogens with zero attached hydrogens (tertiary/aromatic N) is 1. The van der Waals surface area contributed by atoms with Gasteiger partial charge >= 0.3 is 0 Å². The molecule has 0 bridgehead atoms. The zero-order chi connectivity index (χ0) is 7.84. The number of aromatic nitrogens is 1. The fraction of sp³-hybridized carbons (Fsp3) is 0.111. The molecule has 0 spiro atoms. The second-order valence-corrected chi connectivity index (χ2v) is 2.65. The Balaban J connectivity index is 2.92. The molecule has 2 rings (SSSR count). The van der Waals surface area contributed by atoms with Crippen molar-refractivity contribution in [2.24, 2.45) is 0 Å². The Hall–Kier alpha value is -1.44. The number of hydrogen-bond acceptors (Lipinski definition) is 1. The molecule has 2 heteroatoms. The molecule has 11 heavy (non-hydrogen) atoms. The summed E-state index contributed by atoms with van der Waals surface area (Å²) in [4.78, 5) is 0. The van der Waals surface area contributed by atoms with Crippen LogP contribution < -0.4 is 0 Å². The molecular formula is C9H9NO. The van der Waals surface area contributed by atoms with Crippen molar-refractivity contribution in [3.05, 3.63) is 36.0 Å². The van der Waals surface area contributed by atoms with Crippen molar-refractivity contribution < 1.29 is 5.11 Å². The van der Waals surface area contributed by atoms with Crippen molar-refractivity contribution in [2.75, 3.05) is 0 Å². The summed E-state index contributed by atoms with van der Waals surface area (Å²) in [6.45, 7) is 1.89. The predicted molar refractivity (Wildman–Crippen MR) is 43.8 cm³/mol. The SMILES string of the molecule is Cc1cc2ccccn2c1O. The summed E-state index contributed by atoms with van der Waals surface area (Å²) in [6, 6.07) is 7.77. The van der Waals surface area contributed by atoms with Crippen molar-refractivity contribution >= 4 is 5.52 Å². The van der Waals surface area contributed by atoms with Crippen molar-refractivity contribution in [1.29, 1.82) is 0 Å². The summed E-state index contributed by atoms with van der Waals surface area (Å²) in [6.07, 6.45) is 1.84. The molecule has 2 aromatic rings. The Morgan fingerprint density at radius 2 is 2.18 bits per heavy atom. The van der Waals surface area contributed by atoms with Crippen LogP contribution in [0.2, 0.25) is 0 Å². The van der Waals surface area contributed by atoms with Gasteiger partial charge in [0.25, 0.3) is 0 Å². The van der Waals surface area contributed by atoms with Crippen LogP contribution in [0.25, 0.3) is 5.52 Å². The maximum Gasteiger partial charge on any atom is 0.198 e. The summed E-state index contributed by atoms with van der Waals surface area (Å²) in [7, 11) is 0. The van der Waals surface area contributed by atoms with Gasteiger partial charge in [-0.3, -0.25) is 4.40 Å². The maximum atomic E-state index is 9.46. The van der Waals surface area contributed by atoms with Gasteiger partial charge in [0.1, 0.15) is 0 Å². The maximum absolute atomic E-state index is 9.46. The smallest absolute Gasteiger partial charge is 0.198 e. The van der Waals surface area contributed by atoms with Crippen LogP contribution in [0.1, 0.15) is 5.56 Å². The molecule has 0 amide bonds. The van der Waals surface area contributed by atoms with Gasteiger partial charge in [0, 0.05) is 17.3 Å². The van der Waals surface area contributed by atoms with Gasteiger partial charge < -0.3 is 5.11 Å². The Kier molecular flexibility index (Phi) is 1.15. The first-order chi connectivity index (χ1) is 5.29. The summed E-state index contributed by atoms with van der Waals surface area (Å²) < 4.78 is 1.76. The minimum absolute atomic E-state index is 0.334. The van der Waals surface area contributed by atoms with E-state index in [2.05, 4.69) is 0 Å². The second kappa shape index (κ2) is 2.02. The minimum Gasteiger partial charge on any atom is -0.494 e. The summed E-state index contributed by atoms with van der Waals surface area (Å²) in [5.41, 5.74) is 1.94. The molecular weight excluding hydrogens is 138 g/mol. The van der Waals surface area contributed by atoms with E-state index in [-0.39, 0.29) is 0 Å². The summed E-state index contributed by atoms with van der Waals surface area (Å²) >= 11 is 0. The second-order valence-electron chi connectivity index (χ2n) is 2.65. The minimum atomic E-state index is 0.334. The van der Waals surface area contributed by atoms with E-state index in [1.165, 1.54) is 0 Å². The van der Waals surface area contributed by atoms with Gasteiger partial charge in [0.15, 0.2) is 5.88 Å². The van der Waals surface area contributed by atoms with Gasteiger partial charge in [0.05, 0.1) is 0 Å². The number of rotatable bonds is 0. The zero-order valence-corrected chi connectivity index (χ0v) is 6.28. The molecule has 1 N–H and O–H groups in total. The fourth-order valence-corrected chi connectivity index (χ4v) is 1.24. The summed E-state index contributed by atoms with van der Waals surface area (Å²) in [5.74, 6) is 0.334. The zero-order valence-electron chi connectivity index (χ0n) is 6.28. The van der Waals surface area contributed by atoms with Crippen LogP contribution in [-0.4, -0.2) is 9.51 Å². The van der Waals surface area contributed by atoms with Gasteiger partial charge in [-0.15, -0.1) is 0 Å². The van der Waals surface area contributed by atoms with Crippen LogP contribution in [0, 0.1) is 6.92 Å². The molecule has 2 nitrogen and oxygen atoms in total. The van der Waals surface area contributed by atoms with Gasteiger partial charge in [-0.2, -0.15) is 0 Å². The van der Waals surface area contributed by atoms with E-state index in [0.29, 0.717) is 5.88 Å². The molecule has 0 radical (unpaired) electrons. The van der Waals surface area contributed by atoms with Gasteiger partial charge in [0.2, 0.25) is 0 Å². The first-order valence-corrected chi connectivity index (χ1v) is 3.55. The van der Waals surface area contributed by atoms with E-state index in [0.717, 1.165) is 11.1 Å². The van der Waals surface area contributed by atoms with E-state index in [9.17, 15) is 5.11 Å². The molecule has 0 aromatic carbocycles. The van der Waals surface area contributed by atoms with E-state index in [1.54, 1.807) is 4.40 Å². The molecule has 2 aromatic heterocycles. The number of pyridine rings is 1. The van der Waals surface area contributed by atoms with Crippen molar-refractivity contribution in [2.45, 2.75) is 6.92 Å². The highest BCUT2D eigenvalue weighted by molar-refractivity contribution is 5.54. The summed E-state index contributed by atoms with van der Waals surface area (Å²) in [5, 5.41) is 9.46. The van der Waals surface area contributed by atoms with Crippen LogP contribution >= 0.6 is 0 Å². The molecule has 0 aliphatic rings. The lowest BCUT2D eigenvalue weighted by Gasteiger charge is -1.93. The molecule has 0 saturated heterocycles. The number of aromatic hydroxyl groups is 1. The average molecular weight is 147 g/mol. The van der Waals surface area contributed by atoms with E-state index >= 15 is 0 Å². The van der Waals surface area contributed by atoms with E-state index < -0.39 is 0 Å². The highest BCUT2D eigenvalue weighted by Gasteiger charge is 2.01. The predicted octanol–water partition coefficient (Wildman–Crippen LogP) is 1.95. The first kappa shape index (κ1) is 6.28. The highest BCUT2D eigenvalue weighted by Crippen LogP contribution is 2.20. The quantitative estimate of drug-likeness (QED) is 0.605. The molecule has 2 heterocycles. The van der Waals surface area contributed by atoms with Gasteiger partial charge in [-0.25, -0.2) is 0 Å². The third kappa shape index (κ3) is 0.792.